The molecule has 0 saturated heterocycles. The van der Waals surface area contributed by atoms with Crippen LogP contribution in [-0.2, 0) is 20.8 Å². The highest BCUT2D eigenvalue weighted by Crippen LogP contribution is 2.20. The van der Waals surface area contributed by atoms with Crippen LogP contribution in [0.1, 0.15) is 53.0 Å². The number of carbonyl (C=O) groups excluding carboxylic acids is 3. The Balaban J connectivity index is 2.75. The summed E-state index contributed by atoms with van der Waals surface area (Å²) in [6.45, 7) is 9.81. The first-order valence-corrected chi connectivity index (χ1v) is 9.37. The van der Waals surface area contributed by atoms with Gasteiger partial charge in [0.25, 0.3) is 0 Å². The molecule has 0 aliphatic rings. The Bertz CT molecular complexity index is 638. The van der Waals surface area contributed by atoms with Crippen molar-refractivity contribution in [2.75, 3.05) is 11.5 Å². The standard InChI is InChI=1S/C21H32N2O4/c1-15(2)16(3)12-20(27)23(14-25)18-8-6-17(7-9-18)13-19(26)22-21(4,5)10-11-24/h6-9,14-16,24H,10-13H2,1-5H3,(H,22,26). The summed E-state index contributed by atoms with van der Waals surface area (Å²) in [5.74, 6) is 0.168. The molecule has 0 bridgehead atoms. The number of anilines is 1. The minimum absolute atomic E-state index is 0.00691. The summed E-state index contributed by atoms with van der Waals surface area (Å²) in [5, 5.41) is 11.9. The molecule has 150 valence electrons. The molecular weight excluding hydrogens is 344 g/mol. The first-order chi connectivity index (χ1) is 12.6. The molecule has 0 spiro atoms. The maximum absolute atomic E-state index is 12.4. The molecule has 1 unspecified atom stereocenters. The number of nitrogens with one attached hydrogen (secondary N) is 1. The van der Waals surface area contributed by atoms with Crippen LogP contribution in [0.2, 0.25) is 0 Å². The lowest BCUT2D eigenvalue weighted by atomic mass is 9.94. The van der Waals surface area contributed by atoms with E-state index in [0.29, 0.717) is 30.9 Å². The van der Waals surface area contributed by atoms with Crippen molar-refractivity contribution in [2.24, 2.45) is 11.8 Å². The molecule has 6 heteroatoms. The van der Waals surface area contributed by atoms with E-state index in [1.807, 2.05) is 34.6 Å². The van der Waals surface area contributed by atoms with Crippen molar-refractivity contribution in [3.8, 4) is 0 Å². The van der Waals surface area contributed by atoms with Crippen LogP contribution in [0.4, 0.5) is 5.69 Å². The highest BCUT2D eigenvalue weighted by atomic mass is 16.3. The molecule has 2 N–H and O–H groups in total. The molecule has 1 aromatic rings. The molecule has 1 aromatic carbocycles. The van der Waals surface area contributed by atoms with Gasteiger partial charge in [0, 0.05) is 18.6 Å². The van der Waals surface area contributed by atoms with E-state index >= 15 is 0 Å². The van der Waals surface area contributed by atoms with E-state index in [2.05, 4.69) is 5.32 Å². The van der Waals surface area contributed by atoms with Crippen LogP contribution in [0.5, 0.6) is 0 Å². The fraction of sp³-hybridized carbons (Fsp3) is 0.571. The average Bonchev–Trinajstić information content (AvgIpc) is 2.56. The number of carbonyl (C=O) groups is 3. The average molecular weight is 376 g/mol. The number of nitrogens with zero attached hydrogens (tertiary/aromatic N) is 1. The molecule has 27 heavy (non-hydrogen) atoms. The second-order valence-corrected chi connectivity index (χ2v) is 8.04. The van der Waals surface area contributed by atoms with Gasteiger partial charge in [-0.05, 0) is 49.8 Å². The summed E-state index contributed by atoms with van der Waals surface area (Å²) >= 11 is 0. The van der Waals surface area contributed by atoms with Gasteiger partial charge in [-0.1, -0.05) is 32.9 Å². The van der Waals surface area contributed by atoms with Gasteiger partial charge in [-0.15, -0.1) is 0 Å². The zero-order valence-electron chi connectivity index (χ0n) is 17.0. The number of hydrogen-bond acceptors (Lipinski definition) is 4. The van der Waals surface area contributed by atoms with Crippen molar-refractivity contribution in [1.29, 1.82) is 0 Å². The van der Waals surface area contributed by atoms with E-state index in [9.17, 15) is 14.4 Å². The lowest BCUT2D eigenvalue weighted by Crippen LogP contribution is -2.44. The van der Waals surface area contributed by atoms with E-state index in [1.165, 1.54) is 0 Å². The first-order valence-electron chi connectivity index (χ1n) is 9.37. The van der Waals surface area contributed by atoms with E-state index in [4.69, 9.17) is 5.11 Å². The maximum Gasteiger partial charge on any atom is 0.233 e. The van der Waals surface area contributed by atoms with Crippen LogP contribution in [0.25, 0.3) is 0 Å². The van der Waals surface area contributed by atoms with Gasteiger partial charge in [0.1, 0.15) is 0 Å². The van der Waals surface area contributed by atoms with Gasteiger partial charge in [0.15, 0.2) is 0 Å². The van der Waals surface area contributed by atoms with E-state index in [0.717, 1.165) is 10.5 Å². The normalized spacial score (nSPS) is 12.6. The fourth-order valence-electron chi connectivity index (χ4n) is 2.60. The minimum Gasteiger partial charge on any atom is -0.396 e. The molecule has 6 nitrogen and oxygen atoms in total. The number of hydrogen-bond donors (Lipinski definition) is 2. The number of rotatable bonds is 10. The van der Waals surface area contributed by atoms with Crippen molar-refractivity contribution in [3.63, 3.8) is 0 Å². The molecule has 1 atom stereocenters. The number of aliphatic hydroxyl groups excluding tert-OH is 1. The van der Waals surface area contributed by atoms with Crippen LogP contribution < -0.4 is 10.2 Å². The van der Waals surface area contributed by atoms with Crippen molar-refractivity contribution in [1.82, 2.24) is 5.32 Å². The summed E-state index contributed by atoms with van der Waals surface area (Å²) in [6, 6.07) is 6.83. The smallest absolute Gasteiger partial charge is 0.233 e. The Morgan fingerprint density at radius 3 is 2.26 bits per heavy atom. The predicted molar refractivity (Wildman–Crippen MR) is 106 cm³/mol. The van der Waals surface area contributed by atoms with E-state index < -0.39 is 5.54 Å². The van der Waals surface area contributed by atoms with Crippen molar-refractivity contribution < 1.29 is 19.5 Å². The molecule has 0 aliphatic carbocycles. The number of imide groups is 1. The zero-order chi connectivity index (χ0) is 20.6. The van der Waals surface area contributed by atoms with Crippen LogP contribution in [0, 0.1) is 11.8 Å². The Kier molecular flexibility index (Phi) is 8.63. The first kappa shape index (κ1) is 22.8. The third kappa shape index (κ3) is 7.51. The number of benzene rings is 1. The highest BCUT2D eigenvalue weighted by Gasteiger charge is 2.21. The summed E-state index contributed by atoms with van der Waals surface area (Å²) in [5.41, 5.74) is 0.806. The zero-order valence-corrected chi connectivity index (χ0v) is 17.0. The van der Waals surface area contributed by atoms with E-state index in [-0.39, 0.29) is 30.8 Å². The lowest BCUT2D eigenvalue weighted by Gasteiger charge is -2.25. The topological polar surface area (TPSA) is 86.7 Å². The molecule has 0 heterocycles. The summed E-state index contributed by atoms with van der Waals surface area (Å²) in [4.78, 5) is 37.1. The Morgan fingerprint density at radius 2 is 1.78 bits per heavy atom. The second-order valence-electron chi connectivity index (χ2n) is 8.04. The SMILES string of the molecule is CC(C)C(C)CC(=O)N(C=O)c1ccc(CC(=O)NC(C)(C)CCO)cc1. The van der Waals surface area contributed by atoms with Crippen LogP contribution in [-0.4, -0.2) is 35.5 Å². The summed E-state index contributed by atoms with van der Waals surface area (Å²) < 4.78 is 0. The summed E-state index contributed by atoms with van der Waals surface area (Å²) in [6.07, 6.45) is 1.51. The molecule has 0 aromatic heterocycles. The third-order valence-corrected chi connectivity index (χ3v) is 4.80. The Morgan fingerprint density at radius 1 is 1.19 bits per heavy atom. The van der Waals surface area contributed by atoms with Crippen molar-refractivity contribution in [3.05, 3.63) is 29.8 Å². The minimum atomic E-state index is -0.473. The van der Waals surface area contributed by atoms with Gasteiger partial charge in [0.2, 0.25) is 18.2 Å². The molecule has 0 fully saturated rings. The lowest BCUT2D eigenvalue weighted by molar-refractivity contribution is -0.123. The molecule has 3 amide bonds. The molecule has 1 rings (SSSR count). The van der Waals surface area contributed by atoms with Gasteiger partial charge < -0.3 is 10.4 Å². The van der Waals surface area contributed by atoms with Crippen LogP contribution in [0.15, 0.2) is 24.3 Å². The second kappa shape index (κ2) is 10.2. The third-order valence-electron chi connectivity index (χ3n) is 4.80. The van der Waals surface area contributed by atoms with Gasteiger partial charge in [-0.2, -0.15) is 0 Å². The van der Waals surface area contributed by atoms with Crippen LogP contribution in [0.3, 0.4) is 0 Å². The highest BCUT2D eigenvalue weighted by molar-refractivity contribution is 6.06. The maximum atomic E-state index is 12.4. The number of aliphatic hydroxyl groups is 1. The molecule has 0 radical (unpaired) electrons. The molecular formula is C21H32N2O4. The number of amides is 3. The van der Waals surface area contributed by atoms with Crippen molar-refractivity contribution in [2.45, 2.75) is 59.4 Å². The predicted octanol–water partition coefficient (Wildman–Crippen LogP) is 2.68. The quantitative estimate of drug-likeness (QED) is 0.615. The Labute approximate surface area is 161 Å². The van der Waals surface area contributed by atoms with Gasteiger partial charge >= 0.3 is 0 Å². The molecule has 0 saturated carbocycles. The van der Waals surface area contributed by atoms with Crippen molar-refractivity contribution >= 4 is 23.9 Å². The van der Waals surface area contributed by atoms with Gasteiger partial charge in [-0.25, -0.2) is 0 Å². The van der Waals surface area contributed by atoms with Gasteiger partial charge in [-0.3, -0.25) is 19.3 Å². The summed E-state index contributed by atoms with van der Waals surface area (Å²) in [7, 11) is 0. The monoisotopic (exact) mass is 376 g/mol. The van der Waals surface area contributed by atoms with Gasteiger partial charge in [0.05, 0.1) is 12.1 Å². The van der Waals surface area contributed by atoms with E-state index in [1.54, 1.807) is 24.3 Å². The fourth-order valence-corrected chi connectivity index (χ4v) is 2.60. The van der Waals surface area contributed by atoms with Crippen LogP contribution >= 0.6 is 0 Å². The largest absolute Gasteiger partial charge is 0.396 e. The molecule has 0 aliphatic heterocycles. The Hall–Kier alpha value is -2.21.